The maximum atomic E-state index is 9.55. The average Bonchev–Trinajstić information content (AvgIpc) is 2.81. The van der Waals surface area contributed by atoms with E-state index in [-0.39, 0.29) is 0 Å². The van der Waals surface area contributed by atoms with Crippen LogP contribution in [0.25, 0.3) is 0 Å². The summed E-state index contributed by atoms with van der Waals surface area (Å²) in [6, 6.07) is 8.26. The summed E-state index contributed by atoms with van der Waals surface area (Å²) in [4.78, 5) is 1.51. The lowest BCUT2D eigenvalue weighted by atomic mass is 9.95. The van der Waals surface area contributed by atoms with E-state index in [2.05, 4.69) is 31.4 Å². The van der Waals surface area contributed by atoms with Crippen LogP contribution in [0.4, 0.5) is 0 Å². The Balaban J connectivity index is 2.01. The van der Waals surface area contributed by atoms with Crippen LogP contribution >= 0.6 is 11.3 Å². The third-order valence-electron chi connectivity index (χ3n) is 3.69. The Labute approximate surface area is 119 Å². The lowest BCUT2D eigenvalue weighted by molar-refractivity contribution is 0.470. The second-order valence-electron chi connectivity index (χ2n) is 5.29. The highest BCUT2D eigenvalue weighted by Crippen LogP contribution is 2.30. The van der Waals surface area contributed by atoms with Gasteiger partial charge in [-0.1, -0.05) is 19.1 Å². The minimum absolute atomic E-state index is 0.393. The number of hydrogen-bond donors (Lipinski definition) is 1. The molecule has 0 radical (unpaired) electrons. The van der Waals surface area contributed by atoms with Gasteiger partial charge in [-0.3, -0.25) is 0 Å². The van der Waals surface area contributed by atoms with Gasteiger partial charge >= 0.3 is 0 Å². The van der Waals surface area contributed by atoms with E-state index < -0.39 is 0 Å². The molecule has 0 aliphatic carbocycles. The monoisotopic (exact) mass is 274 g/mol. The zero-order valence-electron chi connectivity index (χ0n) is 11.9. The van der Waals surface area contributed by atoms with Gasteiger partial charge in [0.15, 0.2) is 0 Å². The Morgan fingerprint density at radius 2 is 2.00 bits per heavy atom. The van der Waals surface area contributed by atoms with Crippen molar-refractivity contribution in [1.29, 1.82) is 0 Å². The first-order valence-corrected chi connectivity index (χ1v) is 7.81. The van der Waals surface area contributed by atoms with Crippen molar-refractivity contribution < 1.29 is 5.11 Å². The van der Waals surface area contributed by atoms with E-state index in [1.807, 2.05) is 24.3 Å². The predicted molar refractivity (Wildman–Crippen MR) is 83.3 cm³/mol. The first-order valence-electron chi connectivity index (χ1n) is 6.93. The Morgan fingerprint density at radius 1 is 1.21 bits per heavy atom. The van der Waals surface area contributed by atoms with Crippen molar-refractivity contribution in [3.05, 3.63) is 51.2 Å². The van der Waals surface area contributed by atoms with Gasteiger partial charge in [-0.15, -0.1) is 11.3 Å². The molecule has 0 bridgehead atoms. The van der Waals surface area contributed by atoms with Crippen LogP contribution in [0.2, 0.25) is 0 Å². The summed E-state index contributed by atoms with van der Waals surface area (Å²) < 4.78 is 0. The smallest absolute Gasteiger partial charge is 0.118 e. The standard InChI is InChI=1S/C17H22OS/c1-4-15(17-9-12(2)11-19-17)7-5-14-6-8-16(18)13(3)10-14/h6,8-11,15,18H,4-5,7H2,1-3H3. The summed E-state index contributed by atoms with van der Waals surface area (Å²) in [7, 11) is 0. The van der Waals surface area contributed by atoms with Gasteiger partial charge in [0.2, 0.25) is 0 Å². The summed E-state index contributed by atoms with van der Waals surface area (Å²) in [5.41, 5.74) is 3.67. The van der Waals surface area contributed by atoms with Crippen molar-refractivity contribution in [3.8, 4) is 5.75 Å². The van der Waals surface area contributed by atoms with Crippen molar-refractivity contribution in [2.24, 2.45) is 0 Å². The second kappa shape index (κ2) is 6.25. The van der Waals surface area contributed by atoms with Crippen molar-refractivity contribution in [2.45, 2.75) is 46.0 Å². The molecule has 0 fully saturated rings. The fraction of sp³-hybridized carbons (Fsp3) is 0.412. The van der Waals surface area contributed by atoms with Crippen molar-refractivity contribution in [3.63, 3.8) is 0 Å². The summed E-state index contributed by atoms with van der Waals surface area (Å²) >= 11 is 1.88. The van der Waals surface area contributed by atoms with Crippen molar-refractivity contribution in [2.75, 3.05) is 0 Å². The van der Waals surface area contributed by atoms with E-state index in [1.165, 1.54) is 28.8 Å². The highest BCUT2D eigenvalue weighted by molar-refractivity contribution is 7.10. The van der Waals surface area contributed by atoms with E-state index in [0.717, 1.165) is 12.0 Å². The Morgan fingerprint density at radius 3 is 2.58 bits per heavy atom. The summed E-state index contributed by atoms with van der Waals surface area (Å²) in [5.74, 6) is 1.05. The molecular weight excluding hydrogens is 252 g/mol. The van der Waals surface area contributed by atoms with Gasteiger partial charge < -0.3 is 5.11 Å². The molecule has 1 N–H and O–H groups in total. The van der Waals surface area contributed by atoms with Crippen LogP contribution in [0, 0.1) is 13.8 Å². The Kier molecular flexibility index (Phi) is 4.65. The quantitative estimate of drug-likeness (QED) is 0.794. The Hall–Kier alpha value is -1.28. The fourth-order valence-corrected chi connectivity index (χ4v) is 3.55. The van der Waals surface area contributed by atoms with E-state index in [9.17, 15) is 5.11 Å². The molecule has 2 rings (SSSR count). The molecule has 0 saturated heterocycles. The number of rotatable bonds is 5. The number of benzene rings is 1. The zero-order valence-corrected chi connectivity index (χ0v) is 12.8. The molecule has 1 atom stereocenters. The summed E-state index contributed by atoms with van der Waals surface area (Å²) in [6.07, 6.45) is 3.45. The molecule has 2 aromatic rings. The van der Waals surface area contributed by atoms with E-state index in [0.29, 0.717) is 11.7 Å². The van der Waals surface area contributed by atoms with Gasteiger partial charge in [0.1, 0.15) is 5.75 Å². The summed E-state index contributed by atoms with van der Waals surface area (Å²) in [5, 5.41) is 11.8. The number of thiophene rings is 1. The molecule has 0 spiro atoms. The molecule has 0 amide bonds. The largest absolute Gasteiger partial charge is 0.508 e. The van der Waals surface area contributed by atoms with Gasteiger partial charge in [-0.2, -0.15) is 0 Å². The molecule has 102 valence electrons. The number of aryl methyl sites for hydroxylation is 3. The lowest BCUT2D eigenvalue weighted by Crippen LogP contribution is -1.98. The number of aromatic hydroxyl groups is 1. The van der Waals surface area contributed by atoms with Gasteiger partial charge in [-0.05, 0) is 73.2 Å². The topological polar surface area (TPSA) is 20.2 Å². The zero-order chi connectivity index (χ0) is 13.8. The van der Waals surface area contributed by atoms with Crippen LogP contribution in [0.15, 0.2) is 29.6 Å². The highest BCUT2D eigenvalue weighted by Gasteiger charge is 2.11. The second-order valence-corrected chi connectivity index (χ2v) is 6.23. The third-order valence-corrected chi connectivity index (χ3v) is 4.90. The average molecular weight is 274 g/mol. The third kappa shape index (κ3) is 3.60. The minimum atomic E-state index is 0.393. The van der Waals surface area contributed by atoms with Gasteiger partial charge in [0.25, 0.3) is 0 Å². The first-order chi connectivity index (χ1) is 9.10. The van der Waals surface area contributed by atoms with Crippen molar-refractivity contribution >= 4 is 11.3 Å². The lowest BCUT2D eigenvalue weighted by Gasteiger charge is -2.13. The number of phenols is 1. The molecule has 19 heavy (non-hydrogen) atoms. The van der Waals surface area contributed by atoms with E-state index in [4.69, 9.17) is 0 Å². The molecule has 1 unspecified atom stereocenters. The normalized spacial score (nSPS) is 12.6. The van der Waals surface area contributed by atoms with Crippen LogP contribution in [-0.2, 0) is 6.42 Å². The van der Waals surface area contributed by atoms with Gasteiger partial charge in [0, 0.05) is 4.88 Å². The Bertz CT molecular complexity index is 542. The molecule has 1 nitrogen and oxygen atoms in total. The van der Waals surface area contributed by atoms with E-state index >= 15 is 0 Å². The molecule has 0 aliphatic rings. The van der Waals surface area contributed by atoms with E-state index in [1.54, 1.807) is 6.07 Å². The molecule has 2 heteroatoms. The molecule has 0 saturated carbocycles. The van der Waals surface area contributed by atoms with Crippen LogP contribution in [0.5, 0.6) is 5.75 Å². The number of hydrogen-bond acceptors (Lipinski definition) is 2. The summed E-state index contributed by atoms with van der Waals surface area (Å²) in [6.45, 7) is 6.39. The maximum Gasteiger partial charge on any atom is 0.118 e. The fourth-order valence-electron chi connectivity index (χ4n) is 2.43. The minimum Gasteiger partial charge on any atom is -0.508 e. The molecule has 0 aliphatic heterocycles. The van der Waals surface area contributed by atoms with Gasteiger partial charge in [0.05, 0.1) is 0 Å². The van der Waals surface area contributed by atoms with Crippen LogP contribution in [0.3, 0.4) is 0 Å². The molecule has 1 aromatic heterocycles. The van der Waals surface area contributed by atoms with Crippen LogP contribution in [0.1, 0.15) is 47.3 Å². The SMILES string of the molecule is CCC(CCc1ccc(O)c(C)c1)c1cc(C)cs1. The van der Waals surface area contributed by atoms with Gasteiger partial charge in [-0.25, -0.2) is 0 Å². The molecule has 1 heterocycles. The molecular formula is C17H22OS. The number of phenolic OH excluding ortho intramolecular Hbond substituents is 1. The molecule has 1 aromatic carbocycles. The van der Waals surface area contributed by atoms with Crippen molar-refractivity contribution in [1.82, 2.24) is 0 Å². The van der Waals surface area contributed by atoms with Crippen LogP contribution in [-0.4, -0.2) is 5.11 Å². The highest BCUT2D eigenvalue weighted by atomic mass is 32.1. The van der Waals surface area contributed by atoms with Crippen LogP contribution < -0.4 is 0 Å². The first kappa shape index (κ1) is 14.1. The predicted octanol–water partition coefficient (Wildman–Crippen LogP) is 5.20. The maximum absolute atomic E-state index is 9.55.